The van der Waals surface area contributed by atoms with E-state index < -0.39 is 7.26 Å². The van der Waals surface area contributed by atoms with Crippen molar-refractivity contribution in [2.45, 2.75) is 44.8 Å². The zero-order valence-corrected chi connectivity index (χ0v) is 14.8. The van der Waals surface area contributed by atoms with E-state index in [1.807, 2.05) is 0 Å². The van der Waals surface area contributed by atoms with Crippen molar-refractivity contribution in [2.75, 3.05) is 13.3 Å². The van der Waals surface area contributed by atoms with Crippen molar-refractivity contribution in [3.8, 4) is 0 Å². The van der Waals surface area contributed by atoms with E-state index in [1.165, 1.54) is 24.6 Å². The Labute approximate surface area is 135 Å². The van der Waals surface area contributed by atoms with Crippen LogP contribution in [0.4, 0.5) is 0 Å². The van der Waals surface area contributed by atoms with Crippen LogP contribution in [0.2, 0.25) is 0 Å². The Morgan fingerprint density at radius 1 is 1.23 bits per heavy atom. The minimum absolute atomic E-state index is 0.329. The van der Waals surface area contributed by atoms with Crippen LogP contribution in [0.25, 0.3) is 0 Å². The van der Waals surface area contributed by atoms with Crippen molar-refractivity contribution in [2.24, 2.45) is 16.8 Å². The number of nitrogens with zero attached hydrogens (tertiary/aromatic N) is 1. The molecular weight excluding hydrogens is 289 g/mol. The van der Waals surface area contributed by atoms with Gasteiger partial charge in [0.25, 0.3) is 0 Å². The van der Waals surface area contributed by atoms with Crippen LogP contribution in [0.5, 0.6) is 0 Å². The van der Waals surface area contributed by atoms with Crippen LogP contribution >= 0.6 is 7.26 Å². The summed E-state index contributed by atoms with van der Waals surface area (Å²) in [4.78, 5) is 4.88. The van der Waals surface area contributed by atoms with Gasteiger partial charge in [-0.1, -0.05) is 32.0 Å². The second kappa shape index (κ2) is 6.32. The predicted octanol–water partition coefficient (Wildman–Crippen LogP) is 4.25. The van der Waals surface area contributed by atoms with Gasteiger partial charge in [-0.05, 0) is 37.3 Å². The molecule has 0 N–H and O–H groups in total. The van der Waals surface area contributed by atoms with E-state index in [1.54, 1.807) is 0 Å². The minimum Gasteiger partial charge on any atom is -0.478 e. The van der Waals surface area contributed by atoms with Gasteiger partial charge in [-0.25, -0.2) is 4.99 Å². The third-order valence-corrected chi connectivity index (χ3v) is 8.67. The van der Waals surface area contributed by atoms with Gasteiger partial charge in [0.2, 0.25) is 0 Å². The van der Waals surface area contributed by atoms with E-state index in [4.69, 9.17) is 16.4 Å². The van der Waals surface area contributed by atoms with Crippen LogP contribution in [0.15, 0.2) is 35.3 Å². The molecule has 2 aliphatic rings. The Morgan fingerprint density at radius 3 is 2.59 bits per heavy atom. The maximum absolute atomic E-state index is 6.90. The zero-order valence-electron chi connectivity index (χ0n) is 13.9. The lowest BCUT2D eigenvalue weighted by molar-refractivity contribution is 0.277. The molecular formula is C19H27NOP+. The van der Waals surface area contributed by atoms with Crippen LogP contribution in [0, 0.1) is 18.5 Å². The number of aliphatic imine (C=N–C) groups is 1. The fourth-order valence-corrected chi connectivity index (χ4v) is 6.70. The molecule has 22 heavy (non-hydrogen) atoms. The average Bonchev–Trinajstić information content (AvgIpc) is 3.17. The summed E-state index contributed by atoms with van der Waals surface area (Å²) in [5.41, 5.74) is 0.513. The molecule has 1 aromatic rings. The van der Waals surface area contributed by atoms with Gasteiger partial charge in [0.15, 0.2) is 12.6 Å². The molecule has 3 rings (SSSR count). The molecule has 0 aromatic heterocycles. The van der Waals surface area contributed by atoms with E-state index in [0.717, 1.165) is 12.5 Å². The zero-order chi connectivity index (χ0) is 15.7. The molecule has 1 heterocycles. The maximum Gasteiger partial charge on any atom is 0.190 e. The highest BCUT2D eigenvalue weighted by atomic mass is 31.2. The van der Waals surface area contributed by atoms with E-state index in [0.29, 0.717) is 23.5 Å². The highest BCUT2D eigenvalue weighted by Gasteiger charge is 2.50. The molecule has 2 nitrogen and oxygen atoms in total. The third-order valence-electron chi connectivity index (χ3n) is 5.26. The molecule has 1 aliphatic carbocycles. The average molecular weight is 316 g/mol. The van der Waals surface area contributed by atoms with Crippen molar-refractivity contribution >= 4 is 18.5 Å². The Balaban J connectivity index is 1.83. The number of hydrogen-bond acceptors (Lipinski definition) is 2. The molecule has 2 radical (unpaired) electrons. The first-order chi connectivity index (χ1) is 10.5. The predicted molar refractivity (Wildman–Crippen MR) is 96.4 cm³/mol. The Morgan fingerprint density at radius 2 is 1.95 bits per heavy atom. The molecule has 0 saturated heterocycles. The lowest BCUT2D eigenvalue weighted by Gasteiger charge is -2.28. The van der Waals surface area contributed by atoms with Gasteiger partial charge in [0, 0.05) is 0 Å². The first-order valence-electron chi connectivity index (χ1n) is 8.41. The minimum atomic E-state index is -1.66. The SMILES string of the molecule is [CH][P+](C)(c1ccccc1)C1CCCC1C1=N[C@@H](C(C)C)CO1. The topological polar surface area (TPSA) is 21.6 Å². The van der Waals surface area contributed by atoms with Crippen molar-refractivity contribution in [1.82, 2.24) is 0 Å². The van der Waals surface area contributed by atoms with Gasteiger partial charge in [0.05, 0.1) is 36.9 Å². The molecule has 3 heteroatoms. The summed E-state index contributed by atoms with van der Waals surface area (Å²) >= 11 is 0. The van der Waals surface area contributed by atoms with Gasteiger partial charge in [-0.15, -0.1) is 0 Å². The normalized spacial score (nSPS) is 28.8. The fraction of sp³-hybridized carbons (Fsp3) is 0.579. The fourth-order valence-electron chi connectivity index (χ4n) is 3.76. The molecule has 4 atom stereocenters. The molecule has 0 spiro atoms. The summed E-state index contributed by atoms with van der Waals surface area (Å²) in [5.74, 6) is 1.96. The van der Waals surface area contributed by atoms with Gasteiger partial charge < -0.3 is 4.74 Å². The first kappa shape index (κ1) is 16.0. The van der Waals surface area contributed by atoms with Gasteiger partial charge >= 0.3 is 0 Å². The molecule has 118 valence electrons. The smallest absolute Gasteiger partial charge is 0.190 e. The number of ether oxygens (including phenoxy) is 1. The Bertz CT molecular complexity index is 538. The van der Waals surface area contributed by atoms with Crippen LogP contribution in [-0.4, -0.2) is 30.9 Å². The van der Waals surface area contributed by atoms with Crippen LogP contribution < -0.4 is 5.30 Å². The quantitative estimate of drug-likeness (QED) is 0.761. The molecule has 1 aliphatic heterocycles. The highest BCUT2D eigenvalue weighted by Crippen LogP contribution is 2.63. The Hall–Kier alpha value is -0.880. The summed E-state index contributed by atoms with van der Waals surface area (Å²) in [6.45, 7) is 14.4. The standard InChI is InChI=1S/C19H27NOP/c1-14(2)17-13-21-19(20-17)16-11-8-12-18(16)22(3,4)15-9-6-5-7-10-15/h3,5-7,9-10,14,16-18H,8,11-13H2,1-2,4H3/q+1/t16?,17-,18?,22?/m1/s1. The summed E-state index contributed by atoms with van der Waals surface area (Å²) in [6.07, 6.45) is 3.62. The molecule has 1 saturated carbocycles. The van der Waals surface area contributed by atoms with Crippen LogP contribution in [-0.2, 0) is 4.74 Å². The maximum atomic E-state index is 6.90. The van der Waals surface area contributed by atoms with Gasteiger partial charge in [0.1, 0.15) is 6.61 Å². The third kappa shape index (κ3) is 2.95. The first-order valence-corrected chi connectivity index (χ1v) is 10.8. The molecule has 0 amide bonds. The lowest BCUT2D eigenvalue weighted by Crippen LogP contribution is -2.29. The molecule has 1 aromatic carbocycles. The Kier molecular flexibility index (Phi) is 4.59. The summed E-state index contributed by atoms with van der Waals surface area (Å²) in [7, 11) is -1.66. The van der Waals surface area contributed by atoms with E-state index in [2.05, 4.69) is 50.8 Å². The second-order valence-corrected chi connectivity index (χ2v) is 10.7. The van der Waals surface area contributed by atoms with Crippen molar-refractivity contribution in [3.63, 3.8) is 0 Å². The number of rotatable bonds is 4. The van der Waals surface area contributed by atoms with Gasteiger partial charge in [-0.2, -0.15) is 0 Å². The monoisotopic (exact) mass is 316 g/mol. The second-order valence-electron chi connectivity index (χ2n) is 7.18. The van der Waals surface area contributed by atoms with Gasteiger partial charge in [-0.3, -0.25) is 0 Å². The van der Waals surface area contributed by atoms with Crippen LogP contribution in [0.3, 0.4) is 0 Å². The van der Waals surface area contributed by atoms with E-state index in [9.17, 15) is 0 Å². The molecule has 3 unspecified atom stereocenters. The van der Waals surface area contributed by atoms with Crippen molar-refractivity contribution in [3.05, 3.63) is 37.0 Å². The summed E-state index contributed by atoms with van der Waals surface area (Å²) < 4.78 is 5.98. The van der Waals surface area contributed by atoms with Crippen molar-refractivity contribution < 1.29 is 4.74 Å². The number of hydrogen-bond donors (Lipinski definition) is 0. The molecule has 0 bridgehead atoms. The summed E-state index contributed by atoms with van der Waals surface area (Å²) in [5, 5.41) is 1.32. The largest absolute Gasteiger partial charge is 0.478 e. The number of benzene rings is 1. The van der Waals surface area contributed by atoms with Crippen LogP contribution in [0.1, 0.15) is 33.1 Å². The van der Waals surface area contributed by atoms with E-state index >= 15 is 0 Å². The molecule has 1 fully saturated rings. The lowest BCUT2D eigenvalue weighted by atomic mass is 10.1. The van der Waals surface area contributed by atoms with E-state index in [-0.39, 0.29) is 0 Å². The summed E-state index contributed by atoms with van der Waals surface area (Å²) in [6, 6.07) is 11.0. The highest BCUT2D eigenvalue weighted by molar-refractivity contribution is 7.84. The van der Waals surface area contributed by atoms with Crippen molar-refractivity contribution in [1.29, 1.82) is 0 Å².